The van der Waals surface area contributed by atoms with E-state index >= 15 is 0 Å². The minimum absolute atomic E-state index is 0.0255. The van der Waals surface area contributed by atoms with Gasteiger partial charge >= 0.3 is 0 Å². The molecular formula is C23H20N4O2. The molecule has 144 valence electrons. The normalized spacial score (nSPS) is 10.9. The van der Waals surface area contributed by atoms with E-state index in [2.05, 4.69) is 20.3 Å². The zero-order valence-corrected chi connectivity index (χ0v) is 16.2. The van der Waals surface area contributed by atoms with Crippen molar-refractivity contribution in [3.05, 3.63) is 73.1 Å². The van der Waals surface area contributed by atoms with Gasteiger partial charge in [-0.05, 0) is 48.5 Å². The third-order valence-electron chi connectivity index (χ3n) is 4.37. The van der Waals surface area contributed by atoms with Gasteiger partial charge in [-0.3, -0.25) is 9.78 Å². The Morgan fingerprint density at radius 2 is 1.66 bits per heavy atom. The zero-order valence-electron chi connectivity index (χ0n) is 16.2. The standard InChI is InChI=1S/C23H20N4O2/c1-15(2)22(28)25-17-7-9-18(10-8-17)29-23-19-5-3-4-6-20(19)26-21(27-23)16-11-13-24-14-12-16/h3-15H,1-2H3,(H,25,28). The van der Waals surface area contributed by atoms with Crippen LogP contribution < -0.4 is 10.1 Å². The van der Waals surface area contributed by atoms with Gasteiger partial charge in [-0.15, -0.1) is 0 Å². The van der Waals surface area contributed by atoms with E-state index in [9.17, 15) is 4.79 Å². The van der Waals surface area contributed by atoms with Gasteiger partial charge in [0.2, 0.25) is 11.8 Å². The first-order valence-electron chi connectivity index (χ1n) is 9.36. The van der Waals surface area contributed by atoms with Gasteiger partial charge in [0.15, 0.2) is 5.82 Å². The van der Waals surface area contributed by atoms with Gasteiger partial charge < -0.3 is 10.1 Å². The summed E-state index contributed by atoms with van der Waals surface area (Å²) in [5, 5.41) is 3.69. The number of aromatic nitrogens is 3. The van der Waals surface area contributed by atoms with E-state index in [4.69, 9.17) is 4.74 Å². The molecule has 0 unspecified atom stereocenters. The molecule has 0 aliphatic heterocycles. The molecule has 0 aliphatic carbocycles. The fourth-order valence-electron chi connectivity index (χ4n) is 2.76. The smallest absolute Gasteiger partial charge is 0.230 e. The quantitative estimate of drug-likeness (QED) is 0.519. The largest absolute Gasteiger partial charge is 0.438 e. The van der Waals surface area contributed by atoms with E-state index in [1.54, 1.807) is 24.5 Å². The molecule has 0 spiro atoms. The average molecular weight is 384 g/mol. The third kappa shape index (κ3) is 4.21. The second kappa shape index (κ2) is 8.06. The molecule has 4 aromatic rings. The van der Waals surface area contributed by atoms with Crippen molar-refractivity contribution < 1.29 is 9.53 Å². The van der Waals surface area contributed by atoms with Crippen LogP contribution in [-0.4, -0.2) is 20.9 Å². The number of benzene rings is 2. The van der Waals surface area contributed by atoms with Crippen molar-refractivity contribution >= 4 is 22.5 Å². The molecule has 1 N–H and O–H groups in total. The van der Waals surface area contributed by atoms with Crippen molar-refractivity contribution in [2.75, 3.05) is 5.32 Å². The molecule has 29 heavy (non-hydrogen) atoms. The first-order chi connectivity index (χ1) is 14.1. The molecular weight excluding hydrogens is 364 g/mol. The number of nitrogens with zero attached hydrogens (tertiary/aromatic N) is 3. The lowest BCUT2D eigenvalue weighted by Crippen LogP contribution is -2.17. The van der Waals surface area contributed by atoms with E-state index in [0.29, 0.717) is 17.5 Å². The number of fused-ring (bicyclic) bond motifs is 1. The number of hydrogen-bond donors (Lipinski definition) is 1. The van der Waals surface area contributed by atoms with Crippen molar-refractivity contribution in [3.8, 4) is 23.0 Å². The number of pyridine rings is 1. The van der Waals surface area contributed by atoms with E-state index in [1.165, 1.54) is 0 Å². The summed E-state index contributed by atoms with van der Waals surface area (Å²) in [5.41, 5.74) is 2.38. The topological polar surface area (TPSA) is 77.0 Å². The molecule has 2 aromatic carbocycles. The Morgan fingerprint density at radius 3 is 2.38 bits per heavy atom. The van der Waals surface area contributed by atoms with Gasteiger partial charge in [0.1, 0.15) is 5.75 Å². The molecule has 4 rings (SSSR count). The number of anilines is 1. The molecule has 0 atom stereocenters. The second-order valence-corrected chi connectivity index (χ2v) is 6.88. The lowest BCUT2D eigenvalue weighted by Gasteiger charge is -2.11. The minimum Gasteiger partial charge on any atom is -0.438 e. The Labute approximate surface area is 168 Å². The highest BCUT2D eigenvalue weighted by molar-refractivity contribution is 5.92. The molecule has 0 bridgehead atoms. The monoisotopic (exact) mass is 384 g/mol. The Morgan fingerprint density at radius 1 is 0.931 bits per heavy atom. The minimum atomic E-state index is -0.0788. The number of rotatable bonds is 5. The number of carbonyl (C=O) groups excluding carboxylic acids is 1. The van der Waals surface area contributed by atoms with Crippen LogP contribution in [0.3, 0.4) is 0 Å². The maximum Gasteiger partial charge on any atom is 0.230 e. The van der Waals surface area contributed by atoms with E-state index in [0.717, 1.165) is 22.2 Å². The third-order valence-corrected chi connectivity index (χ3v) is 4.37. The maximum absolute atomic E-state index is 11.8. The summed E-state index contributed by atoms with van der Waals surface area (Å²) in [4.78, 5) is 25.2. The molecule has 0 aliphatic rings. The highest BCUT2D eigenvalue weighted by atomic mass is 16.5. The number of nitrogens with one attached hydrogen (secondary N) is 1. The van der Waals surface area contributed by atoms with Gasteiger partial charge in [0.05, 0.1) is 10.9 Å². The summed E-state index contributed by atoms with van der Waals surface area (Å²) in [5.74, 6) is 1.56. The lowest BCUT2D eigenvalue weighted by molar-refractivity contribution is -0.118. The average Bonchev–Trinajstić information content (AvgIpc) is 2.75. The Hall–Kier alpha value is -3.80. The van der Waals surface area contributed by atoms with Crippen LogP contribution in [0.15, 0.2) is 73.1 Å². The molecule has 0 saturated heterocycles. The highest BCUT2D eigenvalue weighted by Crippen LogP contribution is 2.30. The molecule has 0 radical (unpaired) electrons. The number of hydrogen-bond acceptors (Lipinski definition) is 5. The second-order valence-electron chi connectivity index (χ2n) is 6.88. The number of ether oxygens (including phenoxy) is 1. The first-order valence-corrected chi connectivity index (χ1v) is 9.36. The SMILES string of the molecule is CC(C)C(=O)Nc1ccc(Oc2nc(-c3ccncc3)nc3ccccc23)cc1. The predicted molar refractivity (Wildman–Crippen MR) is 113 cm³/mol. The summed E-state index contributed by atoms with van der Waals surface area (Å²) in [6.45, 7) is 3.71. The van der Waals surface area contributed by atoms with Crippen molar-refractivity contribution in [1.29, 1.82) is 0 Å². The summed E-state index contributed by atoms with van der Waals surface area (Å²) in [6.07, 6.45) is 3.41. The Bertz CT molecular complexity index is 1140. The van der Waals surface area contributed by atoms with Crippen molar-refractivity contribution in [2.45, 2.75) is 13.8 Å². The van der Waals surface area contributed by atoms with Gasteiger partial charge in [0.25, 0.3) is 0 Å². The van der Waals surface area contributed by atoms with Gasteiger partial charge in [-0.1, -0.05) is 26.0 Å². The van der Waals surface area contributed by atoms with Crippen LogP contribution in [0.1, 0.15) is 13.8 Å². The van der Waals surface area contributed by atoms with Crippen molar-refractivity contribution in [1.82, 2.24) is 15.0 Å². The summed E-state index contributed by atoms with van der Waals surface area (Å²) >= 11 is 0. The molecule has 6 heteroatoms. The lowest BCUT2D eigenvalue weighted by atomic mass is 10.2. The number of carbonyl (C=O) groups is 1. The highest BCUT2D eigenvalue weighted by Gasteiger charge is 2.12. The molecule has 0 saturated carbocycles. The molecule has 6 nitrogen and oxygen atoms in total. The van der Waals surface area contributed by atoms with Crippen molar-refractivity contribution in [2.24, 2.45) is 5.92 Å². The number of amides is 1. The van der Waals surface area contributed by atoms with Crippen LogP contribution in [-0.2, 0) is 4.79 Å². The van der Waals surface area contributed by atoms with E-state index < -0.39 is 0 Å². The fraction of sp³-hybridized carbons (Fsp3) is 0.130. The summed E-state index contributed by atoms with van der Waals surface area (Å²) in [7, 11) is 0. The predicted octanol–water partition coefficient (Wildman–Crippen LogP) is 5.08. The van der Waals surface area contributed by atoms with E-state index in [1.807, 2.05) is 62.4 Å². The van der Waals surface area contributed by atoms with Gasteiger partial charge in [0, 0.05) is 29.6 Å². The maximum atomic E-state index is 11.8. The van der Waals surface area contributed by atoms with Crippen LogP contribution >= 0.6 is 0 Å². The summed E-state index contributed by atoms with van der Waals surface area (Å²) in [6, 6.07) is 18.7. The van der Waals surface area contributed by atoms with Gasteiger partial charge in [-0.25, -0.2) is 4.98 Å². The van der Waals surface area contributed by atoms with Crippen LogP contribution in [0, 0.1) is 5.92 Å². The molecule has 2 aromatic heterocycles. The number of para-hydroxylation sites is 1. The Kier molecular flexibility index (Phi) is 5.16. The fourth-order valence-corrected chi connectivity index (χ4v) is 2.76. The summed E-state index contributed by atoms with van der Waals surface area (Å²) < 4.78 is 6.08. The van der Waals surface area contributed by atoms with E-state index in [-0.39, 0.29) is 11.8 Å². The first kappa shape index (κ1) is 18.6. The Balaban J connectivity index is 1.66. The van der Waals surface area contributed by atoms with Crippen LogP contribution in [0.2, 0.25) is 0 Å². The molecule has 2 heterocycles. The zero-order chi connectivity index (χ0) is 20.2. The van der Waals surface area contributed by atoms with Crippen LogP contribution in [0.5, 0.6) is 11.6 Å². The van der Waals surface area contributed by atoms with Crippen LogP contribution in [0.4, 0.5) is 5.69 Å². The van der Waals surface area contributed by atoms with Crippen LogP contribution in [0.25, 0.3) is 22.3 Å². The van der Waals surface area contributed by atoms with Crippen molar-refractivity contribution in [3.63, 3.8) is 0 Å². The van der Waals surface area contributed by atoms with Gasteiger partial charge in [-0.2, -0.15) is 4.98 Å². The molecule has 1 amide bonds. The molecule has 0 fully saturated rings.